The van der Waals surface area contributed by atoms with Crippen molar-refractivity contribution in [3.63, 3.8) is 0 Å². The van der Waals surface area contributed by atoms with Crippen LogP contribution in [0.2, 0.25) is 0 Å². The number of rotatable bonds is 3. The van der Waals surface area contributed by atoms with Crippen molar-refractivity contribution < 1.29 is 14.7 Å². The van der Waals surface area contributed by atoms with Crippen molar-refractivity contribution in [1.29, 1.82) is 0 Å². The van der Waals surface area contributed by atoms with Gasteiger partial charge >= 0.3 is 5.97 Å². The Morgan fingerprint density at radius 3 is 2.44 bits per heavy atom. The van der Waals surface area contributed by atoms with Gasteiger partial charge in [0.2, 0.25) is 0 Å². The lowest BCUT2D eigenvalue weighted by Gasteiger charge is -2.08. The second-order valence-electron chi connectivity index (χ2n) is 3.49. The quantitative estimate of drug-likeness (QED) is 0.886. The van der Waals surface area contributed by atoms with E-state index < -0.39 is 5.97 Å². The second kappa shape index (κ2) is 5.07. The van der Waals surface area contributed by atoms with E-state index in [0.29, 0.717) is 4.47 Å². The van der Waals surface area contributed by atoms with E-state index in [9.17, 15) is 9.59 Å². The summed E-state index contributed by atoms with van der Waals surface area (Å²) in [6.07, 6.45) is 0. The monoisotopic (exact) mass is 286 g/mol. The molecular weight excluding hydrogens is 276 g/mol. The average molecular weight is 287 g/mol. The van der Waals surface area contributed by atoms with Crippen molar-refractivity contribution in [3.05, 3.63) is 28.0 Å². The van der Waals surface area contributed by atoms with Crippen molar-refractivity contribution in [2.24, 2.45) is 0 Å². The zero-order chi connectivity index (χ0) is 12.3. The molecule has 6 heteroatoms. The maximum atomic E-state index is 11.6. The molecule has 86 valence electrons. The molecule has 0 saturated heterocycles. The minimum absolute atomic E-state index is 0.0263. The van der Waals surface area contributed by atoms with Gasteiger partial charge in [0.15, 0.2) is 0 Å². The van der Waals surface area contributed by atoms with E-state index in [1.54, 1.807) is 0 Å². The van der Waals surface area contributed by atoms with Crippen molar-refractivity contribution in [2.75, 3.05) is 0 Å². The van der Waals surface area contributed by atoms with Gasteiger partial charge in [-0.05, 0) is 26.0 Å². The second-order valence-corrected chi connectivity index (χ2v) is 4.40. The molecule has 0 radical (unpaired) electrons. The molecular formula is C10H11BrN2O3. The standard InChI is InChI=1S/C10H11BrN2O3/c1-5(2)12-9(14)7-3-6(11)4-8(13-7)10(15)16/h3-5H,1-2H3,(H,12,14)(H,15,16). The van der Waals surface area contributed by atoms with Gasteiger partial charge in [0, 0.05) is 10.5 Å². The summed E-state index contributed by atoms with van der Waals surface area (Å²) in [7, 11) is 0. The van der Waals surface area contributed by atoms with Crippen LogP contribution < -0.4 is 5.32 Å². The van der Waals surface area contributed by atoms with Gasteiger partial charge in [0.25, 0.3) is 5.91 Å². The minimum atomic E-state index is -1.17. The van der Waals surface area contributed by atoms with Gasteiger partial charge in [-0.15, -0.1) is 0 Å². The summed E-state index contributed by atoms with van der Waals surface area (Å²) in [6, 6.07) is 2.79. The number of pyridine rings is 1. The Morgan fingerprint density at radius 2 is 1.94 bits per heavy atom. The zero-order valence-electron chi connectivity index (χ0n) is 8.82. The molecule has 1 aromatic rings. The summed E-state index contributed by atoms with van der Waals surface area (Å²) in [5.74, 6) is -1.56. The fourth-order valence-corrected chi connectivity index (χ4v) is 1.49. The third-order valence-corrected chi connectivity index (χ3v) is 2.12. The molecule has 5 nitrogen and oxygen atoms in total. The Kier molecular flexibility index (Phi) is 4.00. The van der Waals surface area contributed by atoms with Gasteiger partial charge in [-0.25, -0.2) is 9.78 Å². The van der Waals surface area contributed by atoms with Crippen LogP contribution in [0.1, 0.15) is 34.8 Å². The topological polar surface area (TPSA) is 79.3 Å². The molecule has 0 spiro atoms. The Bertz CT molecular complexity index is 432. The van der Waals surface area contributed by atoms with Crippen LogP contribution in [0.5, 0.6) is 0 Å². The number of hydrogen-bond acceptors (Lipinski definition) is 3. The van der Waals surface area contributed by atoms with Crippen LogP contribution >= 0.6 is 15.9 Å². The molecule has 1 aromatic heterocycles. The van der Waals surface area contributed by atoms with Crippen LogP contribution in [-0.2, 0) is 0 Å². The highest BCUT2D eigenvalue weighted by Crippen LogP contribution is 2.13. The summed E-state index contributed by atoms with van der Waals surface area (Å²) in [5.41, 5.74) is -0.0799. The van der Waals surface area contributed by atoms with E-state index in [4.69, 9.17) is 5.11 Å². The molecule has 16 heavy (non-hydrogen) atoms. The van der Waals surface area contributed by atoms with Crippen LogP contribution in [0, 0.1) is 0 Å². The summed E-state index contributed by atoms with van der Waals surface area (Å²) >= 11 is 3.13. The first-order valence-corrected chi connectivity index (χ1v) is 5.41. The van der Waals surface area contributed by atoms with Crippen molar-refractivity contribution in [3.8, 4) is 0 Å². The molecule has 0 aromatic carbocycles. The number of hydrogen-bond donors (Lipinski definition) is 2. The number of amides is 1. The molecule has 0 unspecified atom stereocenters. The highest BCUT2D eigenvalue weighted by molar-refractivity contribution is 9.10. The van der Waals surface area contributed by atoms with E-state index in [-0.39, 0.29) is 23.3 Å². The number of aromatic nitrogens is 1. The lowest BCUT2D eigenvalue weighted by atomic mass is 10.2. The fraction of sp³-hybridized carbons (Fsp3) is 0.300. The molecule has 1 amide bonds. The number of carbonyl (C=O) groups excluding carboxylic acids is 1. The summed E-state index contributed by atoms with van der Waals surface area (Å²) in [6.45, 7) is 3.63. The van der Waals surface area contributed by atoms with Crippen LogP contribution in [0.25, 0.3) is 0 Å². The molecule has 1 rings (SSSR count). The van der Waals surface area contributed by atoms with Crippen LogP contribution in [0.3, 0.4) is 0 Å². The SMILES string of the molecule is CC(C)NC(=O)c1cc(Br)cc(C(=O)O)n1. The first-order chi connectivity index (χ1) is 7.40. The van der Waals surface area contributed by atoms with Crippen LogP contribution in [-0.4, -0.2) is 28.0 Å². The van der Waals surface area contributed by atoms with Gasteiger partial charge in [-0.2, -0.15) is 0 Å². The number of halogens is 1. The van der Waals surface area contributed by atoms with Gasteiger partial charge < -0.3 is 10.4 Å². The molecule has 0 bridgehead atoms. The van der Waals surface area contributed by atoms with E-state index in [2.05, 4.69) is 26.2 Å². The third kappa shape index (κ3) is 3.30. The molecule has 0 saturated carbocycles. The normalized spacial score (nSPS) is 10.2. The Labute approximate surface area is 101 Å². The molecule has 0 aliphatic carbocycles. The molecule has 0 aliphatic heterocycles. The van der Waals surface area contributed by atoms with E-state index in [1.807, 2.05) is 13.8 Å². The molecule has 0 aliphatic rings. The van der Waals surface area contributed by atoms with Crippen LogP contribution in [0.15, 0.2) is 16.6 Å². The van der Waals surface area contributed by atoms with Gasteiger partial charge in [-0.1, -0.05) is 15.9 Å². The number of aromatic carboxylic acids is 1. The lowest BCUT2D eigenvalue weighted by Crippen LogP contribution is -2.31. The number of nitrogens with one attached hydrogen (secondary N) is 1. The zero-order valence-corrected chi connectivity index (χ0v) is 10.4. The summed E-state index contributed by atoms with van der Waals surface area (Å²) in [4.78, 5) is 26.1. The smallest absolute Gasteiger partial charge is 0.354 e. The van der Waals surface area contributed by atoms with E-state index in [0.717, 1.165) is 0 Å². The van der Waals surface area contributed by atoms with Crippen molar-refractivity contribution in [2.45, 2.75) is 19.9 Å². The maximum absolute atomic E-state index is 11.6. The fourth-order valence-electron chi connectivity index (χ4n) is 1.06. The summed E-state index contributed by atoms with van der Waals surface area (Å²) in [5, 5.41) is 11.4. The van der Waals surface area contributed by atoms with Gasteiger partial charge in [0.1, 0.15) is 11.4 Å². The Balaban J connectivity index is 3.05. The number of carboxylic acids is 1. The largest absolute Gasteiger partial charge is 0.477 e. The first kappa shape index (κ1) is 12.6. The van der Waals surface area contributed by atoms with E-state index in [1.165, 1.54) is 12.1 Å². The number of nitrogens with zero attached hydrogens (tertiary/aromatic N) is 1. The predicted molar refractivity (Wildman–Crippen MR) is 61.5 cm³/mol. The maximum Gasteiger partial charge on any atom is 0.354 e. The summed E-state index contributed by atoms with van der Waals surface area (Å²) < 4.78 is 0.508. The van der Waals surface area contributed by atoms with Crippen LogP contribution in [0.4, 0.5) is 0 Å². The highest BCUT2D eigenvalue weighted by Gasteiger charge is 2.13. The Hall–Kier alpha value is -1.43. The average Bonchev–Trinajstić information content (AvgIpc) is 2.15. The molecule has 0 fully saturated rings. The minimum Gasteiger partial charge on any atom is -0.477 e. The number of carbonyl (C=O) groups is 2. The first-order valence-electron chi connectivity index (χ1n) is 4.62. The lowest BCUT2D eigenvalue weighted by molar-refractivity contribution is 0.0690. The Morgan fingerprint density at radius 1 is 1.38 bits per heavy atom. The van der Waals surface area contributed by atoms with Crippen molar-refractivity contribution >= 4 is 27.8 Å². The molecule has 0 atom stereocenters. The molecule has 1 heterocycles. The predicted octanol–water partition coefficient (Wildman–Crippen LogP) is 1.68. The van der Waals surface area contributed by atoms with Gasteiger partial charge in [0.05, 0.1) is 0 Å². The van der Waals surface area contributed by atoms with Gasteiger partial charge in [-0.3, -0.25) is 4.79 Å². The van der Waals surface area contributed by atoms with Crippen molar-refractivity contribution in [1.82, 2.24) is 10.3 Å². The third-order valence-electron chi connectivity index (χ3n) is 1.66. The molecule has 2 N–H and O–H groups in total. The van der Waals surface area contributed by atoms with E-state index >= 15 is 0 Å². The highest BCUT2D eigenvalue weighted by atomic mass is 79.9. The number of carboxylic acid groups (broad SMARTS) is 1.